The number of benzene rings is 1. The molecule has 17 heavy (non-hydrogen) atoms. The van der Waals surface area contributed by atoms with E-state index in [1.807, 2.05) is 0 Å². The third-order valence-corrected chi connectivity index (χ3v) is 2.18. The number of nitrogens with one attached hydrogen (secondary N) is 1. The highest BCUT2D eigenvalue weighted by Crippen LogP contribution is 2.24. The van der Waals surface area contributed by atoms with Crippen LogP contribution < -0.4 is 5.32 Å². The highest BCUT2D eigenvalue weighted by atomic mass is 16.6. The number of nitro benzene ring substituents is 1. The van der Waals surface area contributed by atoms with E-state index < -0.39 is 4.92 Å². The minimum Gasteiger partial charge on any atom is -0.322 e. The summed E-state index contributed by atoms with van der Waals surface area (Å²) >= 11 is 0. The number of nitrogens with zero attached hydrogens (tertiary/aromatic N) is 1. The number of allylic oxidation sites excluding steroid dienone is 1. The smallest absolute Gasteiger partial charge is 0.274 e. The Morgan fingerprint density at radius 1 is 1.41 bits per heavy atom. The third kappa shape index (κ3) is 3.41. The average Bonchev–Trinajstić information content (AvgIpc) is 2.19. The van der Waals surface area contributed by atoms with Crippen LogP contribution in [0.2, 0.25) is 0 Å². The lowest BCUT2D eigenvalue weighted by molar-refractivity contribution is -0.385. The molecule has 0 aliphatic rings. The summed E-state index contributed by atoms with van der Waals surface area (Å²) < 4.78 is 0. The topological polar surface area (TPSA) is 72.2 Å². The Balaban J connectivity index is 3.01. The summed E-state index contributed by atoms with van der Waals surface area (Å²) in [6, 6.07) is 4.59. The lowest BCUT2D eigenvalue weighted by Gasteiger charge is -2.06. The predicted molar refractivity (Wildman–Crippen MR) is 65.9 cm³/mol. The van der Waals surface area contributed by atoms with Crippen LogP contribution in [0.25, 0.3) is 0 Å². The maximum Gasteiger partial charge on any atom is 0.274 e. The monoisotopic (exact) mass is 234 g/mol. The van der Waals surface area contributed by atoms with Crippen molar-refractivity contribution >= 4 is 17.3 Å². The summed E-state index contributed by atoms with van der Waals surface area (Å²) in [7, 11) is 0. The molecule has 0 aromatic heterocycles. The zero-order chi connectivity index (χ0) is 13.0. The first-order valence-electron chi connectivity index (χ1n) is 5.11. The van der Waals surface area contributed by atoms with Crippen LogP contribution in [0.1, 0.15) is 19.4 Å². The van der Waals surface area contributed by atoms with Crippen molar-refractivity contribution in [1.82, 2.24) is 0 Å². The first kappa shape index (κ1) is 12.9. The van der Waals surface area contributed by atoms with Gasteiger partial charge in [0.25, 0.3) is 5.69 Å². The highest BCUT2D eigenvalue weighted by Gasteiger charge is 2.13. The van der Waals surface area contributed by atoms with Crippen molar-refractivity contribution in [1.29, 1.82) is 0 Å². The standard InChI is InChI=1S/C12H14N2O3/c1-8(2)7-12(15)13-10-5-4-6-11(9(10)3)14(16)17/h4-7H,1-3H3,(H,13,15). The maximum absolute atomic E-state index is 11.5. The quantitative estimate of drug-likeness (QED) is 0.496. The number of anilines is 1. The van der Waals surface area contributed by atoms with Gasteiger partial charge < -0.3 is 5.32 Å². The molecule has 1 aromatic carbocycles. The molecular weight excluding hydrogens is 220 g/mol. The Kier molecular flexibility index (Phi) is 3.98. The van der Waals surface area contributed by atoms with Gasteiger partial charge in [-0.3, -0.25) is 14.9 Å². The molecule has 90 valence electrons. The van der Waals surface area contributed by atoms with E-state index in [2.05, 4.69) is 5.32 Å². The zero-order valence-corrected chi connectivity index (χ0v) is 9.98. The van der Waals surface area contributed by atoms with E-state index in [4.69, 9.17) is 0 Å². The normalized spacial score (nSPS) is 9.59. The Hall–Kier alpha value is -2.17. The van der Waals surface area contributed by atoms with Crippen LogP contribution in [0.15, 0.2) is 29.8 Å². The van der Waals surface area contributed by atoms with Gasteiger partial charge in [0.1, 0.15) is 0 Å². The van der Waals surface area contributed by atoms with E-state index in [9.17, 15) is 14.9 Å². The van der Waals surface area contributed by atoms with Gasteiger partial charge in [-0.05, 0) is 26.8 Å². The predicted octanol–water partition coefficient (Wildman–Crippen LogP) is 2.81. The summed E-state index contributed by atoms with van der Waals surface area (Å²) in [6.45, 7) is 5.22. The van der Waals surface area contributed by atoms with Gasteiger partial charge in [-0.1, -0.05) is 11.6 Å². The van der Waals surface area contributed by atoms with E-state index in [-0.39, 0.29) is 11.6 Å². The molecule has 1 N–H and O–H groups in total. The van der Waals surface area contributed by atoms with Gasteiger partial charge in [0.15, 0.2) is 0 Å². The molecule has 0 fully saturated rings. The number of amides is 1. The van der Waals surface area contributed by atoms with Gasteiger partial charge in [0, 0.05) is 12.1 Å². The molecule has 0 saturated carbocycles. The second-order valence-electron chi connectivity index (χ2n) is 3.92. The molecule has 1 amide bonds. The second-order valence-corrected chi connectivity index (χ2v) is 3.92. The average molecular weight is 234 g/mol. The molecule has 0 unspecified atom stereocenters. The number of carbonyl (C=O) groups is 1. The summed E-state index contributed by atoms with van der Waals surface area (Å²) in [5.41, 5.74) is 1.78. The second kappa shape index (κ2) is 5.25. The summed E-state index contributed by atoms with van der Waals surface area (Å²) in [5, 5.41) is 13.3. The van der Waals surface area contributed by atoms with Gasteiger partial charge in [-0.25, -0.2) is 0 Å². The van der Waals surface area contributed by atoms with E-state index in [0.717, 1.165) is 5.57 Å². The fourth-order valence-corrected chi connectivity index (χ4v) is 1.39. The molecule has 0 radical (unpaired) electrons. The lowest BCUT2D eigenvalue weighted by atomic mass is 10.1. The van der Waals surface area contributed by atoms with Crippen molar-refractivity contribution in [3.8, 4) is 0 Å². The van der Waals surface area contributed by atoms with Crippen LogP contribution in [0.5, 0.6) is 0 Å². The molecule has 0 aliphatic carbocycles. The van der Waals surface area contributed by atoms with Crippen LogP contribution in [0.3, 0.4) is 0 Å². The van der Waals surface area contributed by atoms with Gasteiger partial charge in [0.2, 0.25) is 5.91 Å². The fraction of sp³-hybridized carbons (Fsp3) is 0.250. The highest BCUT2D eigenvalue weighted by molar-refractivity contribution is 6.00. The lowest BCUT2D eigenvalue weighted by Crippen LogP contribution is -2.10. The first-order chi connectivity index (χ1) is 7.91. The van der Waals surface area contributed by atoms with Gasteiger partial charge in [0.05, 0.1) is 16.2 Å². The Morgan fingerprint density at radius 2 is 2.06 bits per heavy atom. The van der Waals surface area contributed by atoms with Gasteiger partial charge in [-0.2, -0.15) is 0 Å². The molecule has 1 aromatic rings. The van der Waals surface area contributed by atoms with E-state index in [1.165, 1.54) is 12.1 Å². The van der Waals surface area contributed by atoms with Gasteiger partial charge >= 0.3 is 0 Å². The van der Waals surface area contributed by atoms with E-state index in [0.29, 0.717) is 11.3 Å². The number of nitro groups is 1. The summed E-state index contributed by atoms with van der Waals surface area (Å²) in [6.07, 6.45) is 1.44. The minimum absolute atomic E-state index is 0.000000000000000222. The number of carbonyl (C=O) groups excluding carboxylic acids is 1. The van der Waals surface area contributed by atoms with Crippen LogP contribution in [0, 0.1) is 17.0 Å². The van der Waals surface area contributed by atoms with Crippen molar-refractivity contribution in [2.45, 2.75) is 20.8 Å². The van der Waals surface area contributed by atoms with E-state index in [1.54, 1.807) is 32.9 Å². The van der Waals surface area contributed by atoms with E-state index >= 15 is 0 Å². The maximum atomic E-state index is 11.5. The van der Waals surface area contributed by atoms with Crippen LogP contribution >= 0.6 is 0 Å². The molecule has 0 bridgehead atoms. The molecule has 0 atom stereocenters. The van der Waals surface area contributed by atoms with Crippen molar-refractivity contribution in [2.75, 3.05) is 5.32 Å². The molecule has 0 spiro atoms. The SMILES string of the molecule is CC(C)=CC(=O)Nc1cccc([N+](=O)[O-])c1C. The molecule has 0 saturated heterocycles. The molecule has 5 heteroatoms. The first-order valence-corrected chi connectivity index (χ1v) is 5.11. The largest absolute Gasteiger partial charge is 0.322 e. The molecule has 5 nitrogen and oxygen atoms in total. The number of hydrogen-bond donors (Lipinski definition) is 1. The van der Waals surface area contributed by atoms with Crippen molar-refractivity contribution in [3.05, 3.63) is 45.5 Å². The number of rotatable bonds is 3. The molecule has 1 rings (SSSR count). The molecular formula is C12H14N2O3. The van der Waals surface area contributed by atoms with Crippen molar-refractivity contribution < 1.29 is 9.72 Å². The van der Waals surface area contributed by atoms with Crippen molar-refractivity contribution in [2.24, 2.45) is 0 Å². The van der Waals surface area contributed by atoms with Gasteiger partial charge in [-0.15, -0.1) is 0 Å². The Bertz CT molecular complexity index is 489. The van der Waals surface area contributed by atoms with Crippen molar-refractivity contribution in [3.63, 3.8) is 0 Å². The zero-order valence-electron chi connectivity index (χ0n) is 9.98. The fourth-order valence-electron chi connectivity index (χ4n) is 1.39. The molecule has 0 aliphatic heterocycles. The van der Waals surface area contributed by atoms with Crippen LogP contribution in [-0.4, -0.2) is 10.8 Å². The minimum atomic E-state index is -0.466. The Labute approximate surface area is 99.3 Å². The number of hydrogen-bond acceptors (Lipinski definition) is 3. The molecule has 0 heterocycles. The summed E-state index contributed by atoms with van der Waals surface area (Å²) in [4.78, 5) is 21.8. The van der Waals surface area contributed by atoms with Crippen LogP contribution in [-0.2, 0) is 4.79 Å². The Morgan fingerprint density at radius 3 is 2.59 bits per heavy atom. The van der Waals surface area contributed by atoms with Crippen LogP contribution in [0.4, 0.5) is 11.4 Å². The summed E-state index contributed by atoms with van der Waals surface area (Å²) in [5.74, 6) is -0.284. The third-order valence-electron chi connectivity index (χ3n) is 2.18.